The Balaban J connectivity index is 3.20. The van der Waals surface area contributed by atoms with E-state index in [1.807, 2.05) is 0 Å². The summed E-state index contributed by atoms with van der Waals surface area (Å²) in [6, 6.07) is 3.27. The van der Waals surface area contributed by atoms with E-state index in [1.165, 1.54) is 21.3 Å². The third-order valence-electron chi connectivity index (χ3n) is 1.92. The highest BCUT2D eigenvalue weighted by molar-refractivity contribution is 5.77. The smallest absolute Gasteiger partial charge is 0.211 e. The number of carbonyl (C=O) groups excluding carboxylic acids is 1. The van der Waals surface area contributed by atoms with Gasteiger partial charge in [0.15, 0.2) is 11.5 Å². The van der Waals surface area contributed by atoms with Crippen molar-refractivity contribution >= 4 is 12.1 Å². The SMILES string of the molecule is COc1cc(OC)c(OC)cc1NC=O. The second-order valence-corrected chi connectivity index (χ2v) is 2.67. The first-order valence-electron chi connectivity index (χ1n) is 4.27. The lowest BCUT2D eigenvalue weighted by Crippen LogP contribution is -1.99. The molecule has 5 heteroatoms. The molecule has 5 nitrogen and oxygen atoms in total. The molecule has 82 valence electrons. The zero-order chi connectivity index (χ0) is 11.3. The topological polar surface area (TPSA) is 56.8 Å². The Morgan fingerprint density at radius 3 is 2.00 bits per heavy atom. The van der Waals surface area contributed by atoms with Gasteiger partial charge in [-0.1, -0.05) is 0 Å². The predicted octanol–water partition coefficient (Wildman–Crippen LogP) is 1.28. The van der Waals surface area contributed by atoms with Crippen molar-refractivity contribution in [2.45, 2.75) is 0 Å². The number of amides is 1. The van der Waals surface area contributed by atoms with E-state index in [-0.39, 0.29) is 0 Å². The summed E-state index contributed by atoms with van der Waals surface area (Å²) in [5.74, 6) is 1.59. The molecule has 0 fully saturated rings. The zero-order valence-electron chi connectivity index (χ0n) is 8.87. The number of nitrogens with one attached hydrogen (secondary N) is 1. The lowest BCUT2D eigenvalue weighted by molar-refractivity contribution is -0.105. The van der Waals surface area contributed by atoms with Gasteiger partial charge in [0.2, 0.25) is 6.41 Å². The molecule has 1 aromatic rings. The zero-order valence-corrected chi connectivity index (χ0v) is 8.87. The van der Waals surface area contributed by atoms with Gasteiger partial charge in [0, 0.05) is 12.1 Å². The molecule has 1 amide bonds. The molecule has 0 aliphatic heterocycles. The Morgan fingerprint density at radius 1 is 1.00 bits per heavy atom. The van der Waals surface area contributed by atoms with Gasteiger partial charge in [-0.3, -0.25) is 4.79 Å². The van der Waals surface area contributed by atoms with Crippen molar-refractivity contribution in [3.63, 3.8) is 0 Å². The molecule has 0 atom stereocenters. The number of hydrogen-bond donors (Lipinski definition) is 1. The summed E-state index contributed by atoms with van der Waals surface area (Å²) in [5.41, 5.74) is 0.533. The van der Waals surface area contributed by atoms with Crippen molar-refractivity contribution in [3.05, 3.63) is 12.1 Å². The molecule has 0 aliphatic rings. The van der Waals surface area contributed by atoms with Crippen molar-refractivity contribution in [3.8, 4) is 17.2 Å². The van der Waals surface area contributed by atoms with E-state index in [2.05, 4.69) is 5.32 Å². The second-order valence-electron chi connectivity index (χ2n) is 2.67. The standard InChI is InChI=1S/C10H13NO4/c1-13-8-5-10(15-3)9(14-2)4-7(8)11-6-12/h4-6H,1-3H3,(H,11,12). The summed E-state index contributed by atoms with van der Waals surface area (Å²) in [4.78, 5) is 10.4. The van der Waals surface area contributed by atoms with Gasteiger partial charge in [-0.25, -0.2) is 0 Å². The number of rotatable bonds is 5. The van der Waals surface area contributed by atoms with Crippen molar-refractivity contribution in [2.75, 3.05) is 26.6 Å². The highest BCUT2D eigenvalue weighted by Gasteiger charge is 2.10. The number of benzene rings is 1. The molecule has 1 N–H and O–H groups in total. The van der Waals surface area contributed by atoms with Crippen LogP contribution in [0.3, 0.4) is 0 Å². The average molecular weight is 211 g/mol. The largest absolute Gasteiger partial charge is 0.494 e. The molecule has 1 rings (SSSR count). The maximum Gasteiger partial charge on any atom is 0.211 e. The molecule has 15 heavy (non-hydrogen) atoms. The van der Waals surface area contributed by atoms with Crippen molar-refractivity contribution in [1.29, 1.82) is 0 Å². The third-order valence-corrected chi connectivity index (χ3v) is 1.92. The summed E-state index contributed by atoms with van der Waals surface area (Å²) in [7, 11) is 4.57. The molecule has 0 unspecified atom stereocenters. The van der Waals surface area contributed by atoms with Gasteiger partial charge < -0.3 is 19.5 Å². The Bertz CT molecular complexity index is 352. The Kier molecular flexibility index (Phi) is 3.79. The molecular formula is C10H13NO4. The van der Waals surface area contributed by atoms with Crippen LogP contribution in [0.5, 0.6) is 17.2 Å². The molecule has 0 bridgehead atoms. The van der Waals surface area contributed by atoms with Crippen molar-refractivity contribution in [2.24, 2.45) is 0 Å². The highest BCUT2D eigenvalue weighted by Crippen LogP contribution is 2.37. The number of ether oxygens (including phenoxy) is 3. The quantitative estimate of drug-likeness (QED) is 0.745. The monoisotopic (exact) mass is 211 g/mol. The van der Waals surface area contributed by atoms with Crippen LogP contribution in [0.25, 0.3) is 0 Å². The minimum Gasteiger partial charge on any atom is -0.494 e. The third kappa shape index (κ3) is 2.31. The van der Waals surface area contributed by atoms with E-state index in [1.54, 1.807) is 12.1 Å². The van der Waals surface area contributed by atoms with Crippen LogP contribution >= 0.6 is 0 Å². The van der Waals surface area contributed by atoms with E-state index in [0.29, 0.717) is 29.3 Å². The maximum atomic E-state index is 10.4. The molecule has 0 spiro atoms. The van der Waals surface area contributed by atoms with Crippen LogP contribution in [-0.2, 0) is 4.79 Å². The average Bonchev–Trinajstić information content (AvgIpc) is 2.28. The van der Waals surface area contributed by atoms with Gasteiger partial charge in [-0.2, -0.15) is 0 Å². The summed E-state index contributed by atoms with van der Waals surface area (Å²) < 4.78 is 15.3. The highest BCUT2D eigenvalue weighted by atomic mass is 16.5. The molecule has 0 saturated heterocycles. The van der Waals surface area contributed by atoms with E-state index < -0.39 is 0 Å². The fourth-order valence-electron chi connectivity index (χ4n) is 1.21. The van der Waals surface area contributed by atoms with E-state index in [4.69, 9.17) is 14.2 Å². The van der Waals surface area contributed by atoms with E-state index in [0.717, 1.165) is 0 Å². The van der Waals surface area contributed by atoms with Crippen LogP contribution in [0.4, 0.5) is 5.69 Å². The molecule has 0 aromatic heterocycles. The molecule has 0 saturated carbocycles. The second kappa shape index (κ2) is 5.09. The van der Waals surface area contributed by atoms with Crippen LogP contribution < -0.4 is 19.5 Å². The van der Waals surface area contributed by atoms with Crippen LogP contribution in [0, 0.1) is 0 Å². The lowest BCUT2D eigenvalue weighted by Gasteiger charge is -2.12. The molecular weight excluding hydrogens is 198 g/mol. The molecule has 0 heterocycles. The number of anilines is 1. The molecule has 1 aromatic carbocycles. The molecule has 0 radical (unpaired) electrons. The Labute approximate surface area is 87.9 Å². The number of carbonyl (C=O) groups is 1. The lowest BCUT2D eigenvalue weighted by atomic mass is 10.2. The Hall–Kier alpha value is -1.91. The van der Waals surface area contributed by atoms with Gasteiger partial charge >= 0.3 is 0 Å². The van der Waals surface area contributed by atoms with Crippen LogP contribution in [0.1, 0.15) is 0 Å². The normalized spacial score (nSPS) is 9.27. The maximum absolute atomic E-state index is 10.4. The van der Waals surface area contributed by atoms with Crippen LogP contribution in [-0.4, -0.2) is 27.7 Å². The van der Waals surface area contributed by atoms with Gasteiger partial charge in [0.25, 0.3) is 0 Å². The Morgan fingerprint density at radius 2 is 1.53 bits per heavy atom. The fourth-order valence-corrected chi connectivity index (χ4v) is 1.21. The molecule has 0 aliphatic carbocycles. The fraction of sp³-hybridized carbons (Fsp3) is 0.300. The van der Waals surface area contributed by atoms with Gasteiger partial charge in [-0.05, 0) is 0 Å². The van der Waals surface area contributed by atoms with Gasteiger partial charge in [0.1, 0.15) is 5.75 Å². The summed E-state index contributed by atoms with van der Waals surface area (Å²) >= 11 is 0. The predicted molar refractivity (Wildman–Crippen MR) is 55.8 cm³/mol. The first-order chi connectivity index (χ1) is 7.26. The summed E-state index contributed by atoms with van der Waals surface area (Å²) in [5, 5.41) is 2.51. The number of hydrogen-bond acceptors (Lipinski definition) is 4. The van der Waals surface area contributed by atoms with Crippen molar-refractivity contribution < 1.29 is 19.0 Å². The minimum absolute atomic E-state index is 0.514. The minimum atomic E-state index is 0.514. The van der Waals surface area contributed by atoms with Crippen LogP contribution in [0.2, 0.25) is 0 Å². The first-order valence-corrected chi connectivity index (χ1v) is 4.27. The van der Waals surface area contributed by atoms with Gasteiger partial charge in [0.05, 0.1) is 27.0 Å². The van der Waals surface area contributed by atoms with Gasteiger partial charge in [-0.15, -0.1) is 0 Å². The number of methoxy groups -OCH3 is 3. The summed E-state index contributed by atoms with van der Waals surface area (Å²) in [6.07, 6.45) is 0.573. The van der Waals surface area contributed by atoms with Crippen LogP contribution in [0.15, 0.2) is 12.1 Å². The van der Waals surface area contributed by atoms with E-state index in [9.17, 15) is 4.79 Å². The van der Waals surface area contributed by atoms with E-state index >= 15 is 0 Å². The first kappa shape index (κ1) is 11.2. The summed E-state index contributed by atoms with van der Waals surface area (Å²) in [6.45, 7) is 0. The van der Waals surface area contributed by atoms with Crippen molar-refractivity contribution in [1.82, 2.24) is 0 Å².